The number of ether oxygens (including phenoxy) is 2. The van der Waals surface area contributed by atoms with Crippen LogP contribution in [0.1, 0.15) is 65.2 Å². The molecule has 1 aliphatic heterocycles. The Morgan fingerprint density at radius 2 is 2.10 bits per heavy atom. The van der Waals surface area contributed by atoms with Crippen molar-refractivity contribution in [2.45, 2.75) is 77.6 Å². The van der Waals surface area contributed by atoms with Gasteiger partial charge in [-0.2, -0.15) is 0 Å². The lowest BCUT2D eigenvalue weighted by Crippen LogP contribution is -2.35. The number of hydrogen-bond acceptors (Lipinski definition) is 3. The average molecular weight is 298 g/mol. The number of carbonyl (C=O) groups is 1. The summed E-state index contributed by atoms with van der Waals surface area (Å²) >= 11 is 0. The summed E-state index contributed by atoms with van der Waals surface area (Å²) in [4.78, 5) is 11.2. The third-order valence-electron chi connectivity index (χ3n) is 5.27. The zero-order valence-corrected chi connectivity index (χ0v) is 13.4. The van der Waals surface area contributed by atoms with Gasteiger partial charge in [-0.15, -0.1) is 0 Å². The standard InChI is InChI=1S/C17H30O4/c1-3-12-9-13(4-2)14(10-12)15(11-16(18)19)21-17-7-5-6-8-20-17/h12-15,17H,3-11H2,1-2H3,(H,18,19). The number of aliphatic carboxylic acids is 1. The molecule has 0 amide bonds. The Hall–Kier alpha value is -0.610. The first-order chi connectivity index (χ1) is 10.1. The molecule has 2 aliphatic rings. The van der Waals surface area contributed by atoms with Crippen LogP contribution in [-0.2, 0) is 14.3 Å². The van der Waals surface area contributed by atoms with Gasteiger partial charge in [0.25, 0.3) is 0 Å². The topological polar surface area (TPSA) is 55.8 Å². The number of carboxylic acid groups (broad SMARTS) is 1. The van der Waals surface area contributed by atoms with Crippen molar-refractivity contribution >= 4 is 5.97 Å². The van der Waals surface area contributed by atoms with Crippen LogP contribution in [-0.4, -0.2) is 30.1 Å². The van der Waals surface area contributed by atoms with Crippen molar-refractivity contribution in [2.24, 2.45) is 17.8 Å². The normalized spacial score (nSPS) is 34.8. The Morgan fingerprint density at radius 3 is 2.67 bits per heavy atom. The summed E-state index contributed by atoms with van der Waals surface area (Å²) in [6.45, 7) is 5.19. The van der Waals surface area contributed by atoms with Gasteiger partial charge in [-0.1, -0.05) is 26.7 Å². The maximum atomic E-state index is 11.2. The highest BCUT2D eigenvalue weighted by atomic mass is 16.7. The first-order valence-electron chi connectivity index (χ1n) is 8.62. The maximum Gasteiger partial charge on any atom is 0.305 e. The van der Waals surface area contributed by atoms with E-state index in [4.69, 9.17) is 9.47 Å². The molecule has 0 bridgehead atoms. The summed E-state index contributed by atoms with van der Waals surface area (Å²) in [6, 6.07) is 0. The lowest BCUT2D eigenvalue weighted by Gasteiger charge is -2.32. The maximum absolute atomic E-state index is 11.2. The van der Waals surface area contributed by atoms with Crippen LogP contribution in [0.4, 0.5) is 0 Å². The first kappa shape index (κ1) is 16.8. The Morgan fingerprint density at radius 1 is 1.29 bits per heavy atom. The van der Waals surface area contributed by atoms with E-state index in [1.54, 1.807) is 0 Å². The van der Waals surface area contributed by atoms with Crippen LogP contribution in [0.3, 0.4) is 0 Å². The Bertz CT molecular complexity index is 325. The van der Waals surface area contributed by atoms with Crippen molar-refractivity contribution in [2.75, 3.05) is 6.61 Å². The van der Waals surface area contributed by atoms with Crippen molar-refractivity contribution in [1.29, 1.82) is 0 Å². The van der Waals surface area contributed by atoms with E-state index in [0.29, 0.717) is 11.8 Å². The van der Waals surface area contributed by atoms with E-state index in [1.165, 1.54) is 12.8 Å². The summed E-state index contributed by atoms with van der Waals surface area (Å²) in [5.74, 6) is 0.946. The van der Waals surface area contributed by atoms with Gasteiger partial charge in [0.05, 0.1) is 12.5 Å². The number of rotatable bonds is 7. The van der Waals surface area contributed by atoms with Crippen LogP contribution in [0.2, 0.25) is 0 Å². The van der Waals surface area contributed by atoms with Gasteiger partial charge in [0.15, 0.2) is 6.29 Å². The van der Waals surface area contributed by atoms with Crippen molar-refractivity contribution in [3.05, 3.63) is 0 Å². The number of carboxylic acids is 1. The van der Waals surface area contributed by atoms with Gasteiger partial charge in [-0.25, -0.2) is 0 Å². The SMILES string of the molecule is CCC1CC(CC)C(C(CC(=O)O)OC2CCCCO2)C1. The zero-order valence-electron chi connectivity index (χ0n) is 13.4. The van der Waals surface area contributed by atoms with Crippen molar-refractivity contribution in [3.8, 4) is 0 Å². The molecule has 1 heterocycles. The molecule has 4 heteroatoms. The van der Waals surface area contributed by atoms with Crippen molar-refractivity contribution in [1.82, 2.24) is 0 Å². The second-order valence-corrected chi connectivity index (χ2v) is 6.65. The third-order valence-corrected chi connectivity index (χ3v) is 5.27. The van der Waals surface area contributed by atoms with Crippen LogP contribution in [0.5, 0.6) is 0 Å². The van der Waals surface area contributed by atoms with E-state index in [9.17, 15) is 9.90 Å². The molecule has 21 heavy (non-hydrogen) atoms. The molecule has 1 saturated carbocycles. The van der Waals surface area contributed by atoms with Gasteiger partial charge in [-0.05, 0) is 49.9 Å². The molecule has 2 rings (SSSR count). The van der Waals surface area contributed by atoms with Gasteiger partial charge >= 0.3 is 5.97 Å². The summed E-state index contributed by atoms with van der Waals surface area (Å²) < 4.78 is 11.8. The van der Waals surface area contributed by atoms with E-state index in [-0.39, 0.29) is 18.8 Å². The quantitative estimate of drug-likeness (QED) is 0.776. The van der Waals surface area contributed by atoms with Gasteiger partial charge in [-0.3, -0.25) is 4.79 Å². The van der Waals surface area contributed by atoms with Gasteiger partial charge in [0.2, 0.25) is 0 Å². The van der Waals surface area contributed by atoms with Crippen LogP contribution < -0.4 is 0 Å². The molecule has 1 N–H and O–H groups in total. The lowest BCUT2D eigenvalue weighted by atomic mass is 9.87. The van der Waals surface area contributed by atoms with E-state index in [1.807, 2.05) is 0 Å². The molecular formula is C17H30O4. The predicted molar refractivity (Wildman–Crippen MR) is 81.0 cm³/mol. The van der Waals surface area contributed by atoms with Crippen LogP contribution in [0, 0.1) is 17.8 Å². The predicted octanol–water partition coefficient (Wildman–Crippen LogP) is 3.84. The Labute approximate surface area is 128 Å². The largest absolute Gasteiger partial charge is 0.481 e. The van der Waals surface area contributed by atoms with Crippen molar-refractivity contribution in [3.63, 3.8) is 0 Å². The van der Waals surface area contributed by atoms with Crippen molar-refractivity contribution < 1.29 is 19.4 Å². The highest BCUT2D eigenvalue weighted by Crippen LogP contribution is 2.43. The Balaban J connectivity index is 2.01. The van der Waals surface area contributed by atoms with Gasteiger partial charge in [0.1, 0.15) is 0 Å². The summed E-state index contributed by atoms with van der Waals surface area (Å²) in [5.41, 5.74) is 0. The van der Waals surface area contributed by atoms with E-state index < -0.39 is 5.97 Å². The fraction of sp³-hybridized carbons (Fsp3) is 0.941. The fourth-order valence-electron chi connectivity index (χ4n) is 4.02. The Kier molecular flexibility index (Phi) is 6.49. The van der Waals surface area contributed by atoms with Crippen LogP contribution >= 0.6 is 0 Å². The van der Waals surface area contributed by atoms with Gasteiger partial charge in [0, 0.05) is 6.61 Å². The van der Waals surface area contributed by atoms with E-state index in [0.717, 1.165) is 44.6 Å². The summed E-state index contributed by atoms with van der Waals surface area (Å²) in [5, 5.41) is 9.23. The minimum Gasteiger partial charge on any atom is -0.481 e. The van der Waals surface area contributed by atoms with Gasteiger partial charge < -0.3 is 14.6 Å². The molecule has 0 spiro atoms. The monoisotopic (exact) mass is 298 g/mol. The minimum absolute atomic E-state index is 0.109. The molecule has 0 aromatic carbocycles. The summed E-state index contributed by atoms with van der Waals surface area (Å²) in [6.07, 6.45) is 7.47. The summed E-state index contributed by atoms with van der Waals surface area (Å²) in [7, 11) is 0. The highest BCUT2D eigenvalue weighted by Gasteiger charge is 2.39. The first-order valence-corrected chi connectivity index (χ1v) is 8.62. The van der Waals surface area contributed by atoms with E-state index >= 15 is 0 Å². The molecule has 0 aromatic heterocycles. The smallest absolute Gasteiger partial charge is 0.305 e. The molecule has 1 aliphatic carbocycles. The minimum atomic E-state index is -0.759. The molecule has 4 nitrogen and oxygen atoms in total. The molecule has 0 radical (unpaired) electrons. The highest BCUT2D eigenvalue weighted by molar-refractivity contribution is 5.67. The van der Waals surface area contributed by atoms with E-state index in [2.05, 4.69) is 13.8 Å². The molecule has 2 fully saturated rings. The fourth-order valence-corrected chi connectivity index (χ4v) is 4.02. The average Bonchev–Trinajstić information content (AvgIpc) is 2.90. The second kappa shape index (κ2) is 8.14. The molecule has 1 saturated heterocycles. The molecule has 5 unspecified atom stereocenters. The second-order valence-electron chi connectivity index (χ2n) is 6.65. The molecule has 0 aromatic rings. The van der Waals surface area contributed by atoms with Crippen LogP contribution in [0.15, 0.2) is 0 Å². The zero-order chi connectivity index (χ0) is 15.2. The third kappa shape index (κ3) is 4.68. The lowest BCUT2D eigenvalue weighted by molar-refractivity contribution is -0.204. The number of hydrogen-bond donors (Lipinski definition) is 1. The molecular weight excluding hydrogens is 268 g/mol. The molecule has 5 atom stereocenters. The molecule has 122 valence electrons. The van der Waals surface area contributed by atoms with Crippen LogP contribution in [0.25, 0.3) is 0 Å².